The van der Waals surface area contributed by atoms with Gasteiger partial charge in [-0.15, -0.1) is 0 Å². The lowest BCUT2D eigenvalue weighted by molar-refractivity contribution is -0.123. The van der Waals surface area contributed by atoms with Crippen molar-refractivity contribution in [2.75, 3.05) is 6.54 Å². The molecule has 2 amide bonds. The van der Waals surface area contributed by atoms with Crippen LogP contribution in [-0.2, 0) is 16.0 Å². The molecule has 0 aromatic heterocycles. The van der Waals surface area contributed by atoms with Crippen LogP contribution in [0.4, 0.5) is 4.79 Å². The molecule has 110 valence electrons. The molecule has 0 radical (unpaired) electrons. The first-order chi connectivity index (χ1) is 10.7. The zero-order valence-electron chi connectivity index (χ0n) is 11.9. The normalized spacial score (nSPS) is 16.2. The molecule has 1 heterocycles. The molecule has 2 aromatic carbocycles. The second kappa shape index (κ2) is 6.26. The Bertz CT molecular complexity index is 708. The Labute approximate surface area is 128 Å². The molecule has 22 heavy (non-hydrogen) atoms. The van der Waals surface area contributed by atoms with E-state index in [4.69, 9.17) is 4.74 Å². The summed E-state index contributed by atoms with van der Waals surface area (Å²) in [5, 5.41) is 0. The van der Waals surface area contributed by atoms with Crippen LogP contribution in [0.1, 0.15) is 11.1 Å². The van der Waals surface area contributed by atoms with Crippen LogP contribution in [0.2, 0.25) is 0 Å². The first-order valence-corrected chi connectivity index (χ1v) is 7.08. The number of imide groups is 1. The van der Waals surface area contributed by atoms with Crippen molar-refractivity contribution in [3.63, 3.8) is 0 Å². The van der Waals surface area contributed by atoms with Crippen LogP contribution in [0, 0.1) is 0 Å². The number of hydrogen-bond acceptors (Lipinski definition) is 3. The van der Waals surface area contributed by atoms with E-state index in [-0.39, 0.29) is 11.7 Å². The summed E-state index contributed by atoms with van der Waals surface area (Å²) in [5.41, 5.74) is 1.90. The van der Waals surface area contributed by atoms with Crippen molar-refractivity contribution in [2.45, 2.75) is 6.42 Å². The van der Waals surface area contributed by atoms with E-state index in [2.05, 4.69) is 0 Å². The third-order valence-corrected chi connectivity index (χ3v) is 3.44. The predicted octanol–water partition coefficient (Wildman–Crippen LogP) is 3.25. The number of rotatable bonds is 4. The van der Waals surface area contributed by atoms with Gasteiger partial charge in [0.2, 0.25) is 0 Å². The second-order valence-corrected chi connectivity index (χ2v) is 4.98. The molecule has 4 nitrogen and oxygen atoms in total. The Morgan fingerprint density at radius 1 is 0.909 bits per heavy atom. The lowest BCUT2D eigenvalue weighted by Gasteiger charge is -2.09. The fourth-order valence-corrected chi connectivity index (χ4v) is 2.28. The molecule has 3 rings (SSSR count). The van der Waals surface area contributed by atoms with E-state index in [0.29, 0.717) is 13.0 Å². The van der Waals surface area contributed by atoms with Crippen molar-refractivity contribution in [1.82, 2.24) is 4.90 Å². The minimum Gasteiger partial charge on any atom is -0.404 e. The molecule has 0 bridgehead atoms. The number of benzene rings is 2. The lowest BCUT2D eigenvalue weighted by Crippen LogP contribution is -2.30. The van der Waals surface area contributed by atoms with Crippen LogP contribution in [0.25, 0.3) is 6.08 Å². The monoisotopic (exact) mass is 293 g/mol. The summed E-state index contributed by atoms with van der Waals surface area (Å²) in [7, 11) is 0. The van der Waals surface area contributed by atoms with E-state index in [1.807, 2.05) is 60.7 Å². The number of amides is 2. The fourth-order valence-electron chi connectivity index (χ4n) is 2.28. The van der Waals surface area contributed by atoms with Crippen LogP contribution in [0.5, 0.6) is 0 Å². The maximum absolute atomic E-state index is 12.3. The number of cyclic esters (lactones) is 1. The molecule has 2 aromatic rings. The average molecular weight is 293 g/mol. The molecule has 0 N–H and O–H groups in total. The average Bonchev–Trinajstić information content (AvgIpc) is 2.81. The molecule has 1 aliphatic rings. The molecule has 0 aliphatic carbocycles. The van der Waals surface area contributed by atoms with E-state index in [1.54, 1.807) is 6.08 Å². The van der Waals surface area contributed by atoms with Crippen LogP contribution in [0.15, 0.2) is 66.4 Å². The quantitative estimate of drug-likeness (QED) is 0.813. The second-order valence-electron chi connectivity index (χ2n) is 4.98. The minimum absolute atomic E-state index is 0.0734. The molecule has 4 heteroatoms. The van der Waals surface area contributed by atoms with Gasteiger partial charge in [-0.1, -0.05) is 60.7 Å². The van der Waals surface area contributed by atoms with E-state index in [9.17, 15) is 9.59 Å². The summed E-state index contributed by atoms with van der Waals surface area (Å²) in [6.07, 6.45) is 1.59. The van der Waals surface area contributed by atoms with Gasteiger partial charge in [0, 0.05) is 6.54 Å². The molecule has 0 unspecified atom stereocenters. The maximum Gasteiger partial charge on any atom is 0.422 e. The highest BCUT2D eigenvalue weighted by Gasteiger charge is 2.35. The topological polar surface area (TPSA) is 46.6 Å². The molecular formula is C18H15NO3. The largest absolute Gasteiger partial charge is 0.422 e. The van der Waals surface area contributed by atoms with Crippen molar-refractivity contribution >= 4 is 18.1 Å². The number of nitrogens with zero attached hydrogens (tertiary/aromatic N) is 1. The Balaban J connectivity index is 1.71. The van der Waals surface area contributed by atoms with Gasteiger partial charge in [0.1, 0.15) is 0 Å². The van der Waals surface area contributed by atoms with Crippen LogP contribution >= 0.6 is 0 Å². The van der Waals surface area contributed by atoms with E-state index >= 15 is 0 Å². The highest BCUT2D eigenvalue weighted by Crippen LogP contribution is 2.20. The third-order valence-electron chi connectivity index (χ3n) is 3.44. The summed E-state index contributed by atoms with van der Waals surface area (Å²) in [5.74, 6) is -0.311. The van der Waals surface area contributed by atoms with Crippen molar-refractivity contribution in [1.29, 1.82) is 0 Å². The summed E-state index contributed by atoms with van der Waals surface area (Å²) in [6.45, 7) is 0.313. The molecular weight excluding hydrogens is 278 g/mol. The van der Waals surface area contributed by atoms with Gasteiger partial charge in [-0.25, -0.2) is 9.69 Å². The van der Waals surface area contributed by atoms with E-state index in [1.165, 1.54) is 0 Å². The summed E-state index contributed by atoms with van der Waals surface area (Å²) < 4.78 is 5.08. The SMILES string of the molecule is O=C1O/C(=C\c2ccccc2)C(=O)N1CCc1ccccc1. The van der Waals surface area contributed by atoms with Crippen LogP contribution in [0.3, 0.4) is 0 Å². The minimum atomic E-state index is -0.608. The van der Waals surface area contributed by atoms with Crippen molar-refractivity contribution in [3.05, 3.63) is 77.5 Å². The zero-order chi connectivity index (χ0) is 15.4. The maximum atomic E-state index is 12.3. The van der Waals surface area contributed by atoms with Gasteiger partial charge in [0.15, 0.2) is 5.76 Å². The Kier molecular flexibility index (Phi) is 4.01. The lowest BCUT2D eigenvalue weighted by atomic mass is 10.1. The van der Waals surface area contributed by atoms with Gasteiger partial charge in [-0.05, 0) is 23.6 Å². The van der Waals surface area contributed by atoms with E-state index < -0.39 is 6.09 Å². The molecule has 1 saturated heterocycles. The third kappa shape index (κ3) is 3.06. The number of carbonyl (C=O) groups excluding carboxylic acids is 2. The zero-order valence-corrected chi connectivity index (χ0v) is 11.9. The van der Waals surface area contributed by atoms with Gasteiger partial charge >= 0.3 is 6.09 Å². The number of carbonyl (C=O) groups is 2. The van der Waals surface area contributed by atoms with Crippen LogP contribution in [-0.4, -0.2) is 23.4 Å². The van der Waals surface area contributed by atoms with E-state index in [0.717, 1.165) is 16.0 Å². The van der Waals surface area contributed by atoms with Crippen LogP contribution < -0.4 is 0 Å². The Hall–Kier alpha value is -2.88. The first-order valence-electron chi connectivity index (χ1n) is 7.08. The smallest absolute Gasteiger partial charge is 0.404 e. The fraction of sp³-hybridized carbons (Fsp3) is 0.111. The highest BCUT2D eigenvalue weighted by molar-refractivity contribution is 6.09. The summed E-state index contributed by atoms with van der Waals surface area (Å²) in [6, 6.07) is 19.0. The first kappa shape index (κ1) is 14.1. The summed E-state index contributed by atoms with van der Waals surface area (Å²) >= 11 is 0. The van der Waals surface area contributed by atoms with Gasteiger partial charge in [0.05, 0.1) is 0 Å². The number of ether oxygens (including phenoxy) is 1. The van der Waals surface area contributed by atoms with Gasteiger partial charge < -0.3 is 4.74 Å². The highest BCUT2D eigenvalue weighted by atomic mass is 16.6. The van der Waals surface area contributed by atoms with Crippen molar-refractivity contribution in [3.8, 4) is 0 Å². The Morgan fingerprint density at radius 2 is 1.55 bits per heavy atom. The molecule has 0 spiro atoms. The molecule has 0 saturated carbocycles. The molecule has 1 fully saturated rings. The summed E-state index contributed by atoms with van der Waals surface area (Å²) in [4.78, 5) is 25.2. The van der Waals surface area contributed by atoms with Gasteiger partial charge in [0.25, 0.3) is 5.91 Å². The molecule has 0 atom stereocenters. The van der Waals surface area contributed by atoms with Gasteiger partial charge in [-0.3, -0.25) is 4.79 Å². The molecule has 1 aliphatic heterocycles. The van der Waals surface area contributed by atoms with Gasteiger partial charge in [-0.2, -0.15) is 0 Å². The Morgan fingerprint density at radius 3 is 2.23 bits per heavy atom. The predicted molar refractivity (Wildman–Crippen MR) is 82.8 cm³/mol. The van der Waals surface area contributed by atoms with Crippen molar-refractivity contribution in [2.24, 2.45) is 0 Å². The van der Waals surface area contributed by atoms with Crippen molar-refractivity contribution < 1.29 is 14.3 Å². The standard InChI is InChI=1S/C18H15NO3/c20-17-16(13-15-9-5-2-6-10-15)22-18(21)19(17)12-11-14-7-3-1-4-8-14/h1-10,13H,11-12H2/b16-13-. The number of hydrogen-bond donors (Lipinski definition) is 0.